The van der Waals surface area contributed by atoms with E-state index in [1.54, 1.807) is 6.92 Å². The largest absolute Gasteiger partial charge is 0.461 e. The number of rotatable bonds is 15. The SMILES string of the molecule is CCOC(=O)C1=NO[C@@]2(C1)OC(COCc1ccccc1)[C@@H](OCc1ccccc1)[C@H](OCc1ccccc1)[C@@H]2OCc1ccccc1. The van der Waals surface area contributed by atoms with Gasteiger partial charge in [0.25, 0.3) is 5.79 Å². The Morgan fingerprint density at radius 2 is 1.17 bits per heavy atom. The van der Waals surface area contributed by atoms with Gasteiger partial charge in [0.15, 0.2) is 11.8 Å². The Morgan fingerprint density at radius 1 is 0.688 bits per heavy atom. The fourth-order valence-corrected chi connectivity index (χ4v) is 5.89. The predicted octanol–water partition coefficient (Wildman–Crippen LogP) is 6.39. The molecule has 5 atom stereocenters. The number of carbonyl (C=O) groups excluding carboxylic acids is 1. The molecule has 250 valence electrons. The lowest BCUT2D eigenvalue weighted by Crippen LogP contribution is -2.67. The second-order valence-electron chi connectivity index (χ2n) is 11.7. The first-order valence-corrected chi connectivity index (χ1v) is 16.3. The van der Waals surface area contributed by atoms with Crippen LogP contribution < -0.4 is 0 Å². The van der Waals surface area contributed by atoms with E-state index in [9.17, 15) is 4.79 Å². The van der Waals surface area contributed by atoms with Crippen molar-refractivity contribution in [3.63, 3.8) is 0 Å². The summed E-state index contributed by atoms with van der Waals surface area (Å²) in [5.41, 5.74) is 4.06. The van der Waals surface area contributed by atoms with E-state index in [1.807, 2.05) is 121 Å². The van der Waals surface area contributed by atoms with Gasteiger partial charge in [-0.1, -0.05) is 126 Å². The standard InChI is InChI=1S/C39H41NO8/c1-2-43-38(41)33-23-39(48-40-33)37(46-27-32-21-13-6-14-22-32)36(45-26-31-19-11-5-12-20-31)35(44-25-30-17-9-4-10-18-30)34(47-39)28-42-24-29-15-7-3-8-16-29/h3-22,34-37H,2,23-28H2,1H3/t34?,35-,36+,37+,39-/m1/s1. The molecule has 0 aliphatic carbocycles. The van der Waals surface area contributed by atoms with Crippen LogP contribution in [0.2, 0.25) is 0 Å². The third-order valence-electron chi connectivity index (χ3n) is 8.24. The van der Waals surface area contributed by atoms with Gasteiger partial charge in [-0.25, -0.2) is 4.79 Å². The van der Waals surface area contributed by atoms with Crippen molar-refractivity contribution in [3.05, 3.63) is 144 Å². The Morgan fingerprint density at radius 3 is 1.69 bits per heavy atom. The minimum atomic E-state index is -1.51. The van der Waals surface area contributed by atoms with Crippen molar-refractivity contribution >= 4 is 11.7 Å². The fourth-order valence-electron chi connectivity index (χ4n) is 5.89. The molecular weight excluding hydrogens is 610 g/mol. The quantitative estimate of drug-likeness (QED) is 0.137. The predicted molar refractivity (Wildman–Crippen MR) is 179 cm³/mol. The third kappa shape index (κ3) is 8.55. The average Bonchev–Trinajstić information content (AvgIpc) is 3.56. The number of hydrogen-bond acceptors (Lipinski definition) is 9. The van der Waals surface area contributed by atoms with E-state index in [-0.39, 0.29) is 38.6 Å². The molecule has 1 unspecified atom stereocenters. The summed E-state index contributed by atoms with van der Waals surface area (Å²) in [6, 6.07) is 39.6. The average molecular weight is 652 g/mol. The summed E-state index contributed by atoms with van der Waals surface area (Å²) < 4.78 is 38.5. The highest BCUT2D eigenvalue weighted by molar-refractivity contribution is 6.36. The molecule has 2 aliphatic heterocycles. The highest BCUT2D eigenvalue weighted by Gasteiger charge is 2.62. The van der Waals surface area contributed by atoms with Crippen molar-refractivity contribution in [2.24, 2.45) is 5.16 Å². The second kappa shape index (κ2) is 16.6. The number of esters is 1. The van der Waals surface area contributed by atoms with Crippen LogP contribution in [0.25, 0.3) is 0 Å². The topological polar surface area (TPSA) is 94.0 Å². The Bertz CT molecular complexity index is 1590. The molecule has 9 nitrogen and oxygen atoms in total. The lowest BCUT2D eigenvalue weighted by atomic mass is 9.89. The van der Waals surface area contributed by atoms with E-state index in [4.69, 9.17) is 33.3 Å². The first-order chi connectivity index (χ1) is 23.6. The van der Waals surface area contributed by atoms with Gasteiger partial charge >= 0.3 is 5.97 Å². The number of nitrogens with zero attached hydrogens (tertiary/aromatic N) is 1. The summed E-state index contributed by atoms with van der Waals surface area (Å²) in [4.78, 5) is 19.0. The molecule has 1 saturated heterocycles. The smallest absolute Gasteiger partial charge is 0.356 e. The van der Waals surface area contributed by atoms with E-state index >= 15 is 0 Å². The highest BCUT2D eigenvalue weighted by Crippen LogP contribution is 2.42. The molecule has 1 fully saturated rings. The number of benzene rings is 4. The second-order valence-corrected chi connectivity index (χ2v) is 11.7. The summed E-state index contributed by atoms with van der Waals surface area (Å²) in [6.07, 6.45) is -2.90. The number of hydrogen-bond donors (Lipinski definition) is 0. The summed E-state index contributed by atoms with van der Waals surface area (Å²) in [6.45, 7) is 3.29. The first-order valence-electron chi connectivity index (χ1n) is 16.3. The van der Waals surface area contributed by atoms with Gasteiger partial charge < -0.3 is 33.3 Å². The van der Waals surface area contributed by atoms with Crippen LogP contribution in [0.5, 0.6) is 0 Å². The molecule has 0 amide bonds. The summed E-state index contributed by atoms with van der Waals surface area (Å²) >= 11 is 0. The maximum absolute atomic E-state index is 12.9. The lowest BCUT2D eigenvalue weighted by molar-refractivity contribution is -0.375. The fraction of sp³-hybridized carbons (Fsp3) is 0.333. The van der Waals surface area contributed by atoms with Crippen LogP contribution in [0.15, 0.2) is 126 Å². The minimum Gasteiger partial charge on any atom is -0.461 e. The van der Waals surface area contributed by atoms with Crippen LogP contribution in [-0.4, -0.2) is 55.1 Å². The maximum Gasteiger partial charge on any atom is 0.356 e. The molecule has 9 heteroatoms. The molecule has 0 aromatic heterocycles. The molecule has 2 heterocycles. The van der Waals surface area contributed by atoms with Crippen LogP contribution in [0, 0.1) is 0 Å². The van der Waals surface area contributed by atoms with Crippen LogP contribution >= 0.6 is 0 Å². The molecule has 4 aromatic rings. The molecule has 2 aliphatic rings. The number of oxime groups is 1. The first kappa shape index (κ1) is 33.5. The van der Waals surface area contributed by atoms with Gasteiger partial charge in [-0.05, 0) is 29.2 Å². The zero-order valence-electron chi connectivity index (χ0n) is 27.0. The van der Waals surface area contributed by atoms with E-state index in [0.717, 1.165) is 22.3 Å². The van der Waals surface area contributed by atoms with Crippen LogP contribution in [0.3, 0.4) is 0 Å². The van der Waals surface area contributed by atoms with Gasteiger partial charge in [0, 0.05) is 0 Å². The van der Waals surface area contributed by atoms with Crippen molar-refractivity contribution < 1.29 is 38.1 Å². The van der Waals surface area contributed by atoms with E-state index < -0.39 is 36.2 Å². The van der Waals surface area contributed by atoms with Gasteiger partial charge in [0.05, 0.1) is 46.1 Å². The highest BCUT2D eigenvalue weighted by atomic mass is 16.8. The molecular formula is C39H41NO8. The van der Waals surface area contributed by atoms with Gasteiger partial charge in [0.2, 0.25) is 0 Å². The molecule has 1 spiro atoms. The Kier molecular flexibility index (Phi) is 11.6. The third-order valence-corrected chi connectivity index (χ3v) is 8.24. The zero-order valence-corrected chi connectivity index (χ0v) is 27.0. The van der Waals surface area contributed by atoms with Crippen LogP contribution in [0.1, 0.15) is 35.6 Å². The Balaban J connectivity index is 1.34. The van der Waals surface area contributed by atoms with Gasteiger partial charge in [0.1, 0.15) is 18.3 Å². The molecule has 0 saturated carbocycles. The monoisotopic (exact) mass is 651 g/mol. The summed E-state index contributed by atoms with van der Waals surface area (Å²) in [5.74, 6) is -2.08. The molecule has 48 heavy (non-hydrogen) atoms. The van der Waals surface area contributed by atoms with E-state index in [1.165, 1.54) is 0 Å². The van der Waals surface area contributed by atoms with Gasteiger partial charge in [-0.15, -0.1) is 0 Å². The van der Waals surface area contributed by atoms with E-state index in [0.29, 0.717) is 13.2 Å². The number of ether oxygens (including phenoxy) is 6. The van der Waals surface area contributed by atoms with Crippen molar-refractivity contribution in [3.8, 4) is 0 Å². The van der Waals surface area contributed by atoms with Crippen molar-refractivity contribution in [1.82, 2.24) is 0 Å². The number of carbonyl (C=O) groups is 1. The Labute approximate surface area is 281 Å². The summed E-state index contributed by atoms with van der Waals surface area (Å²) in [7, 11) is 0. The van der Waals surface area contributed by atoms with Gasteiger partial charge in [-0.2, -0.15) is 0 Å². The zero-order chi connectivity index (χ0) is 33.0. The molecule has 0 bridgehead atoms. The van der Waals surface area contributed by atoms with Crippen molar-refractivity contribution in [1.29, 1.82) is 0 Å². The molecule has 6 rings (SSSR count). The van der Waals surface area contributed by atoms with Crippen molar-refractivity contribution in [2.45, 2.75) is 70.0 Å². The maximum atomic E-state index is 12.9. The molecule has 0 N–H and O–H groups in total. The van der Waals surface area contributed by atoms with Gasteiger partial charge in [-0.3, -0.25) is 0 Å². The normalized spacial score (nSPS) is 23.4. The Hall–Kier alpha value is -4.38. The molecule has 0 radical (unpaired) electrons. The molecule has 4 aromatic carbocycles. The van der Waals surface area contributed by atoms with Crippen LogP contribution in [0.4, 0.5) is 0 Å². The minimum absolute atomic E-state index is 0.00290. The van der Waals surface area contributed by atoms with Crippen molar-refractivity contribution in [2.75, 3.05) is 13.2 Å². The van der Waals surface area contributed by atoms with E-state index in [2.05, 4.69) is 5.16 Å². The summed E-state index contributed by atoms with van der Waals surface area (Å²) in [5, 5.41) is 4.17. The van der Waals surface area contributed by atoms with Crippen LogP contribution in [-0.2, 0) is 64.5 Å². The lowest BCUT2D eigenvalue weighted by Gasteiger charge is -2.49.